The molecule has 1 aromatic rings. The highest BCUT2D eigenvalue weighted by Crippen LogP contribution is 2.25. The summed E-state index contributed by atoms with van der Waals surface area (Å²) in [5.74, 6) is 0.306. The number of hydrogen-bond acceptors (Lipinski definition) is 6. The van der Waals surface area contributed by atoms with E-state index in [0.29, 0.717) is 11.6 Å². The third-order valence-electron chi connectivity index (χ3n) is 1.77. The van der Waals surface area contributed by atoms with Crippen molar-refractivity contribution in [3.8, 4) is 0 Å². The van der Waals surface area contributed by atoms with Gasteiger partial charge in [0.1, 0.15) is 0 Å². The zero-order valence-electron chi connectivity index (χ0n) is 8.43. The first kappa shape index (κ1) is 10.2. The van der Waals surface area contributed by atoms with Crippen LogP contribution in [0, 0.1) is 0 Å². The van der Waals surface area contributed by atoms with Gasteiger partial charge in [0, 0.05) is 11.5 Å². The van der Waals surface area contributed by atoms with Crippen LogP contribution in [0.5, 0.6) is 0 Å². The van der Waals surface area contributed by atoms with Crippen molar-refractivity contribution in [2.24, 2.45) is 5.10 Å². The first-order chi connectivity index (χ1) is 7.22. The van der Waals surface area contributed by atoms with Crippen LogP contribution in [0.2, 0.25) is 0 Å². The number of nitrogens with zero attached hydrogens (tertiary/aromatic N) is 4. The predicted octanol–water partition coefficient (Wildman–Crippen LogP) is 0.784. The molecule has 0 unspecified atom stereocenters. The first-order valence-corrected chi connectivity index (χ1v) is 5.51. The number of rotatable bonds is 2. The molecule has 0 amide bonds. The Hall–Kier alpha value is -1.37. The third-order valence-corrected chi connectivity index (χ3v) is 2.96. The average molecular weight is 226 g/mol. The molecule has 0 aromatic carbocycles. The summed E-state index contributed by atoms with van der Waals surface area (Å²) in [7, 11) is 0. The Morgan fingerprint density at radius 1 is 1.67 bits per heavy atom. The van der Waals surface area contributed by atoms with Gasteiger partial charge in [-0.2, -0.15) is 5.10 Å². The molecule has 0 spiro atoms. The molecule has 80 valence electrons. The van der Waals surface area contributed by atoms with Gasteiger partial charge in [0.05, 0.1) is 6.61 Å². The molecule has 2 heterocycles. The summed E-state index contributed by atoms with van der Waals surface area (Å²) in [5.41, 5.74) is 1.20. The van der Waals surface area contributed by atoms with Crippen molar-refractivity contribution in [2.45, 2.75) is 18.9 Å². The van der Waals surface area contributed by atoms with E-state index in [2.05, 4.69) is 15.4 Å². The summed E-state index contributed by atoms with van der Waals surface area (Å²) < 4.78 is 4.86. The number of fused-ring (bicyclic) bond motifs is 1. The van der Waals surface area contributed by atoms with Crippen molar-refractivity contribution in [3.63, 3.8) is 0 Å². The van der Waals surface area contributed by atoms with Crippen molar-refractivity contribution in [2.75, 3.05) is 12.4 Å². The van der Waals surface area contributed by atoms with E-state index in [4.69, 9.17) is 4.74 Å². The molecular weight excluding hydrogens is 216 g/mol. The highest BCUT2D eigenvalue weighted by molar-refractivity contribution is 8.00. The van der Waals surface area contributed by atoms with Crippen LogP contribution in [0.3, 0.4) is 0 Å². The van der Waals surface area contributed by atoms with Crippen molar-refractivity contribution in [3.05, 3.63) is 5.69 Å². The molecule has 0 radical (unpaired) electrons. The summed E-state index contributed by atoms with van der Waals surface area (Å²) >= 11 is 1.49. The van der Waals surface area contributed by atoms with E-state index in [1.807, 2.05) is 6.92 Å². The van der Waals surface area contributed by atoms with Crippen molar-refractivity contribution in [1.82, 2.24) is 15.1 Å². The normalized spacial score (nSPS) is 14.4. The fourth-order valence-electron chi connectivity index (χ4n) is 1.15. The summed E-state index contributed by atoms with van der Waals surface area (Å²) in [6.07, 6.45) is 0. The molecule has 15 heavy (non-hydrogen) atoms. The molecular formula is C8H10N4O2S. The van der Waals surface area contributed by atoms with Crippen molar-refractivity contribution >= 4 is 23.4 Å². The van der Waals surface area contributed by atoms with Crippen LogP contribution in [0.4, 0.5) is 0 Å². The fraction of sp³-hybridized carbons (Fsp3) is 0.500. The third kappa shape index (κ3) is 1.87. The van der Waals surface area contributed by atoms with Crippen molar-refractivity contribution in [1.29, 1.82) is 0 Å². The molecule has 1 aliphatic rings. The van der Waals surface area contributed by atoms with Crippen LogP contribution in [-0.4, -0.2) is 39.1 Å². The maximum Gasteiger partial charge on any atom is 0.361 e. The number of esters is 1. The van der Waals surface area contributed by atoms with Crippen LogP contribution < -0.4 is 0 Å². The Morgan fingerprint density at radius 2 is 2.47 bits per heavy atom. The van der Waals surface area contributed by atoms with Crippen LogP contribution in [-0.2, 0) is 4.74 Å². The Balaban J connectivity index is 2.33. The topological polar surface area (TPSA) is 69.4 Å². The lowest BCUT2D eigenvalue weighted by atomic mass is 10.5. The molecule has 2 rings (SSSR count). The maximum absolute atomic E-state index is 11.5. The Kier molecular flexibility index (Phi) is 2.72. The monoisotopic (exact) mass is 226 g/mol. The second kappa shape index (κ2) is 4.01. The molecule has 0 aliphatic carbocycles. The lowest BCUT2D eigenvalue weighted by Gasteiger charge is -2.08. The molecule has 0 N–H and O–H groups in total. The highest BCUT2D eigenvalue weighted by Gasteiger charge is 2.23. The van der Waals surface area contributed by atoms with Gasteiger partial charge in [-0.3, -0.25) is 0 Å². The fourth-order valence-corrected chi connectivity index (χ4v) is 2.00. The summed E-state index contributed by atoms with van der Waals surface area (Å²) in [4.78, 5) is 12.8. The molecule has 0 bridgehead atoms. The van der Waals surface area contributed by atoms with Gasteiger partial charge >= 0.3 is 5.97 Å². The molecule has 0 saturated carbocycles. The van der Waals surface area contributed by atoms with Gasteiger partial charge in [-0.05, 0) is 19.1 Å². The van der Waals surface area contributed by atoms with Gasteiger partial charge in [0.25, 0.3) is 0 Å². The smallest absolute Gasteiger partial charge is 0.361 e. The zero-order chi connectivity index (χ0) is 10.8. The minimum atomic E-state index is -0.444. The molecule has 0 fully saturated rings. The quantitative estimate of drug-likeness (QED) is 0.697. The minimum absolute atomic E-state index is 0.248. The molecule has 0 saturated heterocycles. The Labute approximate surface area is 90.7 Å². The number of thioether (sulfide) groups is 1. The molecule has 6 nitrogen and oxygen atoms in total. The summed E-state index contributed by atoms with van der Waals surface area (Å²) in [6, 6.07) is 0. The average Bonchev–Trinajstić information content (AvgIpc) is 2.60. The number of hydrogen-bond donors (Lipinski definition) is 0. The van der Waals surface area contributed by atoms with Gasteiger partial charge < -0.3 is 4.74 Å². The van der Waals surface area contributed by atoms with E-state index in [9.17, 15) is 4.79 Å². The van der Waals surface area contributed by atoms with Gasteiger partial charge in [-0.1, -0.05) is 11.8 Å². The van der Waals surface area contributed by atoms with E-state index < -0.39 is 5.97 Å². The highest BCUT2D eigenvalue weighted by atomic mass is 32.2. The minimum Gasteiger partial charge on any atom is -0.461 e. The van der Waals surface area contributed by atoms with E-state index in [-0.39, 0.29) is 5.69 Å². The van der Waals surface area contributed by atoms with Gasteiger partial charge in [-0.25, -0.2) is 4.79 Å². The predicted molar refractivity (Wildman–Crippen MR) is 55.2 cm³/mol. The van der Waals surface area contributed by atoms with E-state index >= 15 is 0 Å². The molecule has 0 atom stereocenters. The van der Waals surface area contributed by atoms with Crippen LogP contribution in [0.25, 0.3) is 0 Å². The Bertz CT molecular complexity index is 426. The number of carbonyl (C=O) groups is 1. The van der Waals surface area contributed by atoms with Crippen molar-refractivity contribution < 1.29 is 9.53 Å². The lowest BCUT2D eigenvalue weighted by molar-refractivity contribution is 0.0515. The lowest BCUT2D eigenvalue weighted by Crippen LogP contribution is -2.11. The second-order valence-electron chi connectivity index (χ2n) is 2.98. The maximum atomic E-state index is 11.5. The second-order valence-corrected chi connectivity index (χ2v) is 3.94. The summed E-state index contributed by atoms with van der Waals surface area (Å²) in [6.45, 7) is 3.99. The van der Waals surface area contributed by atoms with Crippen LogP contribution in [0.15, 0.2) is 10.1 Å². The number of ether oxygens (including phenoxy) is 1. The van der Waals surface area contributed by atoms with Gasteiger partial charge in [0.15, 0.2) is 5.03 Å². The first-order valence-electron chi connectivity index (χ1n) is 4.52. The largest absolute Gasteiger partial charge is 0.461 e. The number of carbonyl (C=O) groups excluding carboxylic acids is 1. The zero-order valence-corrected chi connectivity index (χ0v) is 9.24. The molecule has 1 aliphatic heterocycles. The van der Waals surface area contributed by atoms with Crippen LogP contribution >= 0.6 is 11.8 Å². The van der Waals surface area contributed by atoms with E-state index in [0.717, 1.165) is 11.5 Å². The summed E-state index contributed by atoms with van der Waals surface area (Å²) in [5, 5.41) is 12.3. The SMILES string of the molecule is CCOC(=O)c1nnn2c1SCC(C)=N2. The van der Waals surface area contributed by atoms with Gasteiger partial charge in [0.2, 0.25) is 5.69 Å². The van der Waals surface area contributed by atoms with E-state index in [1.54, 1.807) is 6.92 Å². The standard InChI is InChI=1S/C8H10N4O2S/c1-3-14-8(13)6-7-12(11-9-6)10-5(2)4-15-7/h3-4H2,1-2H3. The molecule has 1 aromatic heterocycles. The molecule has 7 heteroatoms. The Morgan fingerprint density at radius 3 is 3.20 bits per heavy atom. The van der Waals surface area contributed by atoms with Gasteiger partial charge in [-0.15, -0.1) is 9.89 Å². The van der Waals surface area contributed by atoms with Crippen LogP contribution in [0.1, 0.15) is 24.3 Å². The van der Waals surface area contributed by atoms with E-state index in [1.165, 1.54) is 16.6 Å². The number of aromatic nitrogens is 3.